The van der Waals surface area contributed by atoms with Gasteiger partial charge in [0.1, 0.15) is 5.75 Å². The molecule has 2 rings (SSSR count). The molecular formula is C8H4I2OS. The Balaban J connectivity index is 2.92. The third-order valence-corrected chi connectivity index (χ3v) is 5.13. The van der Waals surface area contributed by atoms with E-state index < -0.39 is 0 Å². The number of phenolic OH excluding ortho intramolecular Hbond substituents is 1. The molecule has 1 heterocycles. The van der Waals surface area contributed by atoms with Crippen molar-refractivity contribution in [2.75, 3.05) is 0 Å². The van der Waals surface area contributed by atoms with Crippen LogP contribution in [0.2, 0.25) is 0 Å². The van der Waals surface area contributed by atoms with E-state index in [1.54, 1.807) is 17.4 Å². The second kappa shape index (κ2) is 3.30. The quantitative estimate of drug-likeness (QED) is 0.665. The summed E-state index contributed by atoms with van der Waals surface area (Å²) in [5, 5.41) is 12.6. The Bertz CT molecular complexity index is 436. The Morgan fingerprint density at radius 2 is 1.92 bits per heavy atom. The summed E-state index contributed by atoms with van der Waals surface area (Å²) in [5.41, 5.74) is 0. The van der Waals surface area contributed by atoms with Crippen molar-refractivity contribution in [1.29, 1.82) is 0 Å². The molecule has 1 N–H and O–H groups in total. The molecule has 0 radical (unpaired) electrons. The van der Waals surface area contributed by atoms with Gasteiger partial charge in [-0.25, -0.2) is 0 Å². The van der Waals surface area contributed by atoms with Gasteiger partial charge in [0.05, 0.1) is 0 Å². The highest BCUT2D eigenvalue weighted by Crippen LogP contribution is 2.33. The molecule has 0 bridgehead atoms. The summed E-state index contributed by atoms with van der Waals surface area (Å²) in [6, 6.07) is 3.60. The maximum atomic E-state index is 9.35. The first kappa shape index (κ1) is 9.01. The summed E-state index contributed by atoms with van der Waals surface area (Å²) in [5.74, 6) is 0.350. The molecule has 4 heteroatoms. The molecule has 0 spiro atoms. The summed E-state index contributed by atoms with van der Waals surface area (Å²) in [6.07, 6.45) is 0. The fourth-order valence-corrected chi connectivity index (χ4v) is 3.85. The number of hydrogen-bond acceptors (Lipinski definition) is 2. The number of benzene rings is 1. The zero-order valence-electron chi connectivity index (χ0n) is 5.84. The number of thiophene rings is 1. The van der Waals surface area contributed by atoms with E-state index in [0.717, 1.165) is 8.96 Å². The standard InChI is InChI=1S/C8H4I2OS/c9-6-2-4(11)1-5-7(10)3-12-8(5)6/h1-3,11H. The van der Waals surface area contributed by atoms with Crippen LogP contribution in [0.5, 0.6) is 5.75 Å². The Labute approximate surface area is 101 Å². The van der Waals surface area contributed by atoms with Crippen LogP contribution in [0.4, 0.5) is 0 Å². The summed E-state index contributed by atoms with van der Waals surface area (Å²) in [7, 11) is 0. The monoisotopic (exact) mass is 402 g/mol. The van der Waals surface area contributed by atoms with E-state index in [2.05, 4.69) is 50.6 Å². The lowest BCUT2D eigenvalue weighted by molar-refractivity contribution is 0.476. The van der Waals surface area contributed by atoms with E-state index in [0.29, 0.717) is 5.75 Å². The van der Waals surface area contributed by atoms with Crippen LogP contribution in [-0.2, 0) is 0 Å². The fourth-order valence-electron chi connectivity index (χ4n) is 1.05. The minimum atomic E-state index is 0.350. The Hall–Kier alpha value is 0.440. The van der Waals surface area contributed by atoms with Crippen LogP contribution in [0.3, 0.4) is 0 Å². The van der Waals surface area contributed by atoms with Crippen LogP contribution in [-0.4, -0.2) is 5.11 Å². The molecule has 0 aliphatic carbocycles. The molecule has 0 unspecified atom stereocenters. The molecule has 62 valence electrons. The third-order valence-electron chi connectivity index (χ3n) is 1.57. The average molecular weight is 402 g/mol. The topological polar surface area (TPSA) is 20.2 Å². The first-order chi connectivity index (χ1) is 5.68. The van der Waals surface area contributed by atoms with E-state index in [4.69, 9.17) is 0 Å². The first-order valence-electron chi connectivity index (χ1n) is 3.23. The zero-order chi connectivity index (χ0) is 8.72. The fraction of sp³-hybridized carbons (Fsp3) is 0. The van der Waals surface area contributed by atoms with Gasteiger partial charge in [0, 0.05) is 22.6 Å². The van der Waals surface area contributed by atoms with Gasteiger partial charge < -0.3 is 5.11 Å². The lowest BCUT2D eigenvalue weighted by atomic mass is 10.2. The minimum Gasteiger partial charge on any atom is -0.508 e. The van der Waals surface area contributed by atoms with Crippen molar-refractivity contribution in [3.8, 4) is 5.75 Å². The highest BCUT2D eigenvalue weighted by Gasteiger charge is 2.05. The maximum absolute atomic E-state index is 9.35. The van der Waals surface area contributed by atoms with Gasteiger partial charge in [-0.2, -0.15) is 0 Å². The van der Waals surface area contributed by atoms with Crippen LogP contribution in [0, 0.1) is 7.14 Å². The van der Waals surface area contributed by atoms with Gasteiger partial charge >= 0.3 is 0 Å². The minimum absolute atomic E-state index is 0.350. The number of phenols is 1. The molecule has 0 saturated heterocycles. The lowest BCUT2D eigenvalue weighted by Gasteiger charge is -1.96. The van der Waals surface area contributed by atoms with E-state index >= 15 is 0 Å². The third kappa shape index (κ3) is 1.44. The van der Waals surface area contributed by atoms with Gasteiger partial charge in [-0.3, -0.25) is 0 Å². The second-order valence-electron chi connectivity index (χ2n) is 2.39. The molecule has 12 heavy (non-hydrogen) atoms. The average Bonchev–Trinajstić information content (AvgIpc) is 2.33. The highest BCUT2D eigenvalue weighted by molar-refractivity contribution is 14.1. The number of rotatable bonds is 0. The van der Waals surface area contributed by atoms with E-state index in [-0.39, 0.29) is 0 Å². The van der Waals surface area contributed by atoms with E-state index in [1.165, 1.54) is 8.27 Å². The molecule has 1 aromatic heterocycles. The second-order valence-corrected chi connectivity index (χ2v) is 5.59. The number of hydrogen-bond donors (Lipinski definition) is 1. The molecule has 1 aromatic carbocycles. The Kier molecular flexibility index (Phi) is 2.48. The van der Waals surface area contributed by atoms with Crippen molar-refractivity contribution < 1.29 is 5.11 Å². The van der Waals surface area contributed by atoms with E-state index in [1.807, 2.05) is 6.07 Å². The van der Waals surface area contributed by atoms with Crippen LogP contribution < -0.4 is 0 Å². The Morgan fingerprint density at radius 1 is 1.17 bits per heavy atom. The van der Waals surface area contributed by atoms with Crippen LogP contribution >= 0.6 is 56.5 Å². The van der Waals surface area contributed by atoms with Gasteiger partial charge in [-0.15, -0.1) is 11.3 Å². The Morgan fingerprint density at radius 3 is 2.67 bits per heavy atom. The molecule has 0 saturated carbocycles. The molecule has 0 aliphatic heterocycles. The SMILES string of the molecule is Oc1cc(I)c2scc(I)c2c1. The van der Waals surface area contributed by atoms with Crippen molar-refractivity contribution in [3.63, 3.8) is 0 Å². The number of fused-ring (bicyclic) bond motifs is 1. The molecular weight excluding hydrogens is 398 g/mol. The van der Waals surface area contributed by atoms with Gasteiger partial charge in [0.15, 0.2) is 0 Å². The van der Waals surface area contributed by atoms with Gasteiger partial charge in [-0.1, -0.05) is 0 Å². The van der Waals surface area contributed by atoms with Crippen molar-refractivity contribution in [2.45, 2.75) is 0 Å². The van der Waals surface area contributed by atoms with Crippen LogP contribution in [0.25, 0.3) is 10.1 Å². The smallest absolute Gasteiger partial charge is 0.117 e. The number of halogens is 2. The lowest BCUT2D eigenvalue weighted by Crippen LogP contribution is -1.73. The van der Waals surface area contributed by atoms with Crippen molar-refractivity contribution in [3.05, 3.63) is 24.7 Å². The van der Waals surface area contributed by atoms with Crippen molar-refractivity contribution in [2.24, 2.45) is 0 Å². The van der Waals surface area contributed by atoms with Crippen molar-refractivity contribution >= 4 is 66.6 Å². The first-order valence-corrected chi connectivity index (χ1v) is 6.27. The van der Waals surface area contributed by atoms with Crippen LogP contribution in [0.15, 0.2) is 17.5 Å². The molecule has 0 fully saturated rings. The largest absolute Gasteiger partial charge is 0.508 e. The predicted octanol–water partition coefficient (Wildman–Crippen LogP) is 3.82. The predicted molar refractivity (Wildman–Crippen MR) is 68.9 cm³/mol. The van der Waals surface area contributed by atoms with Crippen molar-refractivity contribution in [1.82, 2.24) is 0 Å². The van der Waals surface area contributed by atoms with Gasteiger partial charge in [-0.05, 0) is 57.3 Å². The normalized spacial score (nSPS) is 10.8. The molecule has 0 aliphatic rings. The maximum Gasteiger partial charge on any atom is 0.117 e. The molecule has 0 amide bonds. The number of aromatic hydroxyl groups is 1. The zero-order valence-corrected chi connectivity index (χ0v) is 11.0. The summed E-state index contributed by atoms with van der Waals surface area (Å²) < 4.78 is 3.59. The van der Waals surface area contributed by atoms with E-state index in [9.17, 15) is 5.11 Å². The van der Waals surface area contributed by atoms with Gasteiger partial charge in [0.2, 0.25) is 0 Å². The summed E-state index contributed by atoms with van der Waals surface area (Å²) >= 11 is 6.25. The molecule has 1 nitrogen and oxygen atoms in total. The molecule has 2 aromatic rings. The molecule has 0 atom stereocenters. The van der Waals surface area contributed by atoms with Gasteiger partial charge in [0.25, 0.3) is 0 Å². The summed E-state index contributed by atoms with van der Waals surface area (Å²) in [4.78, 5) is 0. The highest BCUT2D eigenvalue weighted by atomic mass is 127. The summed E-state index contributed by atoms with van der Waals surface area (Å²) in [6.45, 7) is 0. The van der Waals surface area contributed by atoms with Crippen LogP contribution in [0.1, 0.15) is 0 Å².